The summed E-state index contributed by atoms with van der Waals surface area (Å²) in [5, 5.41) is 8.72. The number of hydrogen-bond donors (Lipinski definition) is 1. The molecule has 1 aromatic carbocycles. The predicted molar refractivity (Wildman–Crippen MR) is 66.8 cm³/mol. The number of carboxylic acids is 1. The van der Waals surface area contributed by atoms with E-state index >= 15 is 0 Å². The number of carboxylic acid groups (broad SMARTS) is 1. The van der Waals surface area contributed by atoms with E-state index in [9.17, 15) is 18.0 Å². The Balaban J connectivity index is 2.54. The molecule has 2 unspecified atom stereocenters. The Morgan fingerprint density at radius 2 is 1.90 bits per heavy atom. The fraction of sp³-hybridized carbons (Fsp3) is 0.364. The Kier molecular flexibility index (Phi) is 4.01. The van der Waals surface area contributed by atoms with Gasteiger partial charge in [0.15, 0.2) is 0 Å². The number of benzene rings is 1. The van der Waals surface area contributed by atoms with Gasteiger partial charge in [0, 0.05) is 11.6 Å². The van der Waals surface area contributed by atoms with Gasteiger partial charge in [0.2, 0.25) is 6.10 Å². The number of aliphatic carboxylic acids is 1. The van der Waals surface area contributed by atoms with Gasteiger partial charge >= 0.3 is 12.1 Å². The van der Waals surface area contributed by atoms with E-state index in [0.29, 0.717) is 0 Å². The Hall–Kier alpha value is -0.850. The van der Waals surface area contributed by atoms with Crippen molar-refractivity contribution >= 4 is 40.8 Å². The van der Waals surface area contributed by atoms with Crippen LogP contribution in [0.3, 0.4) is 0 Å². The average Bonchev–Trinajstić information content (AvgIpc) is 2.33. The maximum absolute atomic E-state index is 12.8. The first kappa shape index (κ1) is 15.5. The third-order valence-electron chi connectivity index (χ3n) is 2.91. The molecule has 0 radical (unpaired) electrons. The van der Waals surface area contributed by atoms with Crippen molar-refractivity contribution in [1.29, 1.82) is 0 Å². The van der Waals surface area contributed by atoms with Crippen LogP contribution in [0.25, 0.3) is 0 Å². The summed E-state index contributed by atoms with van der Waals surface area (Å²) in [6, 6.07) is 1.10. The van der Waals surface area contributed by atoms with E-state index in [1.54, 1.807) is 0 Å². The van der Waals surface area contributed by atoms with Gasteiger partial charge in [-0.3, -0.25) is 4.79 Å². The summed E-state index contributed by atoms with van der Waals surface area (Å²) in [5.41, 5.74) is 0.106. The summed E-state index contributed by atoms with van der Waals surface area (Å²) in [6.07, 6.45) is -7.72. The summed E-state index contributed by atoms with van der Waals surface area (Å²) in [4.78, 5) is 11.0. The monoisotopic (exact) mass is 348 g/mol. The van der Waals surface area contributed by atoms with Crippen LogP contribution in [0.2, 0.25) is 15.1 Å². The second kappa shape index (κ2) is 5.16. The first-order chi connectivity index (χ1) is 9.12. The third kappa shape index (κ3) is 2.64. The first-order valence-corrected chi connectivity index (χ1v) is 6.39. The largest absolute Gasteiger partial charge is 0.481 e. The van der Waals surface area contributed by atoms with E-state index in [1.165, 1.54) is 0 Å². The number of carbonyl (C=O) groups is 1. The fourth-order valence-electron chi connectivity index (χ4n) is 1.96. The molecule has 0 aliphatic carbocycles. The number of ether oxygens (including phenoxy) is 1. The molecule has 110 valence electrons. The van der Waals surface area contributed by atoms with Gasteiger partial charge in [-0.15, -0.1) is 0 Å². The minimum Gasteiger partial charge on any atom is -0.481 e. The van der Waals surface area contributed by atoms with E-state index < -0.39 is 30.6 Å². The summed E-state index contributed by atoms with van der Waals surface area (Å²) < 4.78 is 43.3. The lowest BCUT2D eigenvalue weighted by Crippen LogP contribution is -2.47. The molecule has 2 atom stereocenters. The average molecular weight is 350 g/mol. The zero-order valence-corrected chi connectivity index (χ0v) is 11.7. The SMILES string of the molecule is O=C(O)C1Cc2c(cc(Cl)c(Cl)c2Cl)OC1C(F)(F)F. The number of alkyl halides is 3. The normalized spacial score (nSPS) is 22.1. The molecule has 0 aromatic heterocycles. The number of halogens is 6. The summed E-state index contributed by atoms with van der Waals surface area (Å²) in [7, 11) is 0. The zero-order chi connectivity index (χ0) is 15.2. The van der Waals surface area contributed by atoms with E-state index in [1.807, 2.05) is 0 Å². The highest BCUT2D eigenvalue weighted by Crippen LogP contribution is 2.45. The molecular formula is C11H6Cl3F3O3. The maximum atomic E-state index is 12.8. The molecule has 0 saturated carbocycles. The van der Waals surface area contributed by atoms with Crippen LogP contribution < -0.4 is 4.74 Å². The summed E-state index contributed by atoms with van der Waals surface area (Å²) in [5.74, 6) is -3.62. The highest BCUT2D eigenvalue weighted by Gasteiger charge is 2.52. The van der Waals surface area contributed by atoms with Crippen molar-refractivity contribution in [3.8, 4) is 5.75 Å². The van der Waals surface area contributed by atoms with Crippen molar-refractivity contribution in [1.82, 2.24) is 0 Å². The molecule has 1 aliphatic heterocycles. The molecular weight excluding hydrogens is 343 g/mol. The highest BCUT2D eigenvalue weighted by atomic mass is 35.5. The molecule has 0 fully saturated rings. The van der Waals surface area contributed by atoms with Gasteiger partial charge in [-0.05, 0) is 6.42 Å². The summed E-state index contributed by atoms with van der Waals surface area (Å²) in [6.45, 7) is 0. The van der Waals surface area contributed by atoms with Crippen LogP contribution in [0.4, 0.5) is 13.2 Å². The predicted octanol–water partition coefficient (Wildman–Crippen LogP) is 4.21. The van der Waals surface area contributed by atoms with Gasteiger partial charge in [0.1, 0.15) is 11.7 Å². The van der Waals surface area contributed by atoms with Crippen LogP contribution in [0.15, 0.2) is 6.07 Å². The van der Waals surface area contributed by atoms with Crippen molar-refractivity contribution in [2.75, 3.05) is 0 Å². The molecule has 0 amide bonds. The molecule has 0 saturated heterocycles. The van der Waals surface area contributed by atoms with Crippen molar-refractivity contribution < 1.29 is 27.8 Å². The van der Waals surface area contributed by atoms with E-state index in [4.69, 9.17) is 44.6 Å². The lowest BCUT2D eigenvalue weighted by Gasteiger charge is -2.33. The van der Waals surface area contributed by atoms with Crippen molar-refractivity contribution in [3.05, 3.63) is 26.7 Å². The molecule has 20 heavy (non-hydrogen) atoms. The summed E-state index contributed by atoms with van der Waals surface area (Å²) >= 11 is 17.4. The molecule has 1 aromatic rings. The van der Waals surface area contributed by atoms with Gasteiger partial charge in [-0.2, -0.15) is 13.2 Å². The van der Waals surface area contributed by atoms with E-state index in [2.05, 4.69) is 0 Å². The molecule has 3 nitrogen and oxygen atoms in total. The van der Waals surface area contributed by atoms with Crippen LogP contribution in [0, 0.1) is 5.92 Å². The fourth-order valence-corrected chi connectivity index (χ4v) is 2.65. The topological polar surface area (TPSA) is 46.5 Å². The standard InChI is InChI=1S/C11H6Cl3F3O3/c12-5-2-6-3(7(13)8(5)14)1-4(10(18)19)9(20-6)11(15,16)17/h2,4,9H,1H2,(H,18,19). The first-order valence-electron chi connectivity index (χ1n) is 5.25. The maximum Gasteiger partial charge on any atom is 0.426 e. The Bertz CT molecular complexity index is 574. The molecule has 0 bridgehead atoms. The number of rotatable bonds is 1. The van der Waals surface area contributed by atoms with E-state index in [-0.39, 0.29) is 26.4 Å². The van der Waals surface area contributed by atoms with Crippen LogP contribution >= 0.6 is 34.8 Å². The van der Waals surface area contributed by atoms with E-state index in [0.717, 1.165) is 6.07 Å². The van der Waals surface area contributed by atoms with Gasteiger partial charge in [0.25, 0.3) is 0 Å². The Morgan fingerprint density at radius 3 is 2.40 bits per heavy atom. The van der Waals surface area contributed by atoms with Crippen LogP contribution in [-0.2, 0) is 11.2 Å². The minimum atomic E-state index is -4.82. The van der Waals surface area contributed by atoms with Crippen molar-refractivity contribution in [2.24, 2.45) is 5.92 Å². The quantitative estimate of drug-likeness (QED) is 0.773. The Labute approximate surface area is 126 Å². The highest BCUT2D eigenvalue weighted by molar-refractivity contribution is 6.48. The van der Waals surface area contributed by atoms with Gasteiger partial charge in [0.05, 0.1) is 15.1 Å². The lowest BCUT2D eigenvalue weighted by atomic mass is 9.90. The second-order valence-corrected chi connectivity index (χ2v) is 5.36. The minimum absolute atomic E-state index is 0.0507. The smallest absolute Gasteiger partial charge is 0.426 e. The molecule has 1 aliphatic rings. The molecule has 2 rings (SSSR count). The second-order valence-electron chi connectivity index (χ2n) is 4.19. The lowest BCUT2D eigenvalue weighted by molar-refractivity contribution is -0.217. The van der Waals surface area contributed by atoms with Crippen molar-refractivity contribution in [3.63, 3.8) is 0 Å². The third-order valence-corrected chi connectivity index (χ3v) is 4.21. The molecule has 1 heterocycles. The van der Waals surface area contributed by atoms with Crippen LogP contribution in [-0.4, -0.2) is 23.4 Å². The van der Waals surface area contributed by atoms with Crippen molar-refractivity contribution in [2.45, 2.75) is 18.7 Å². The van der Waals surface area contributed by atoms with Gasteiger partial charge < -0.3 is 9.84 Å². The number of fused-ring (bicyclic) bond motifs is 1. The molecule has 9 heteroatoms. The Morgan fingerprint density at radius 1 is 1.30 bits per heavy atom. The molecule has 0 spiro atoms. The van der Waals surface area contributed by atoms with Crippen LogP contribution in [0.1, 0.15) is 5.56 Å². The van der Waals surface area contributed by atoms with Crippen LogP contribution in [0.5, 0.6) is 5.75 Å². The van der Waals surface area contributed by atoms with Gasteiger partial charge in [-0.1, -0.05) is 34.8 Å². The van der Waals surface area contributed by atoms with Gasteiger partial charge in [-0.25, -0.2) is 0 Å². The molecule has 1 N–H and O–H groups in total. The zero-order valence-electron chi connectivity index (χ0n) is 9.47. The number of hydrogen-bond acceptors (Lipinski definition) is 2.